The number of rotatable bonds is 5. The number of benzene rings is 2. The molecule has 0 unspecified atom stereocenters. The van der Waals surface area contributed by atoms with Gasteiger partial charge >= 0.3 is 0 Å². The molecule has 0 atom stereocenters. The predicted octanol–water partition coefficient (Wildman–Crippen LogP) is 2.54. The fourth-order valence-corrected chi connectivity index (χ4v) is 2.15. The third kappa shape index (κ3) is 3.11. The van der Waals surface area contributed by atoms with Gasteiger partial charge in [-0.1, -0.05) is 36.4 Å². The molecular formula is C15H15F2NO2. The third-order valence-corrected chi connectivity index (χ3v) is 3.04. The van der Waals surface area contributed by atoms with Crippen LogP contribution in [-0.2, 0) is 0 Å². The van der Waals surface area contributed by atoms with Crippen molar-refractivity contribution in [3.63, 3.8) is 0 Å². The molecule has 20 heavy (non-hydrogen) atoms. The smallest absolute Gasteiger partial charge is 0.255 e. The minimum absolute atomic E-state index is 0.105. The van der Waals surface area contributed by atoms with Gasteiger partial charge in [-0.05, 0) is 16.8 Å². The van der Waals surface area contributed by atoms with Gasteiger partial charge in [0.25, 0.3) is 12.3 Å². The van der Waals surface area contributed by atoms with Gasteiger partial charge in [0.2, 0.25) is 0 Å². The average molecular weight is 279 g/mol. The summed E-state index contributed by atoms with van der Waals surface area (Å²) in [4.78, 5) is 13.3. The average Bonchev–Trinajstić information content (AvgIpc) is 2.45. The summed E-state index contributed by atoms with van der Waals surface area (Å²) in [5.74, 6) is -0.490. The number of fused-ring (bicyclic) bond motifs is 1. The van der Waals surface area contributed by atoms with Crippen LogP contribution in [0.3, 0.4) is 0 Å². The van der Waals surface area contributed by atoms with E-state index in [4.69, 9.17) is 5.11 Å². The van der Waals surface area contributed by atoms with Crippen molar-refractivity contribution in [2.45, 2.75) is 6.43 Å². The van der Waals surface area contributed by atoms with E-state index in [2.05, 4.69) is 0 Å². The monoisotopic (exact) mass is 279 g/mol. The van der Waals surface area contributed by atoms with Gasteiger partial charge in [-0.3, -0.25) is 4.79 Å². The zero-order valence-corrected chi connectivity index (χ0v) is 10.8. The molecule has 1 N–H and O–H groups in total. The van der Waals surface area contributed by atoms with E-state index in [1.165, 1.54) is 0 Å². The van der Waals surface area contributed by atoms with Gasteiger partial charge < -0.3 is 10.0 Å². The molecule has 0 aromatic heterocycles. The number of aliphatic hydroxyl groups excluding tert-OH is 1. The number of nitrogens with zero attached hydrogens (tertiary/aromatic N) is 1. The van der Waals surface area contributed by atoms with Gasteiger partial charge in [0.05, 0.1) is 13.2 Å². The highest BCUT2D eigenvalue weighted by Gasteiger charge is 2.20. The Balaban J connectivity index is 2.38. The minimum atomic E-state index is -2.62. The molecule has 0 bridgehead atoms. The zero-order chi connectivity index (χ0) is 14.5. The largest absolute Gasteiger partial charge is 0.395 e. The van der Waals surface area contributed by atoms with E-state index in [9.17, 15) is 13.6 Å². The lowest BCUT2D eigenvalue weighted by Gasteiger charge is -2.22. The molecule has 106 valence electrons. The Kier molecular flexibility index (Phi) is 4.63. The van der Waals surface area contributed by atoms with E-state index in [1.54, 1.807) is 24.3 Å². The second-order valence-corrected chi connectivity index (χ2v) is 4.39. The third-order valence-electron chi connectivity index (χ3n) is 3.04. The molecular weight excluding hydrogens is 264 g/mol. The number of aliphatic hydroxyl groups is 1. The first-order valence-corrected chi connectivity index (χ1v) is 6.29. The number of alkyl halides is 2. The number of carbonyl (C=O) groups is 1. The van der Waals surface area contributed by atoms with E-state index < -0.39 is 18.9 Å². The standard InChI is InChI=1S/C15H15F2NO2/c16-14(17)10-18(8-9-19)15(20)13-7-3-5-11-4-1-2-6-12(11)13/h1-7,14,19H,8-10H2. The quantitative estimate of drug-likeness (QED) is 0.913. The first-order chi connectivity index (χ1) is 9.63. The van der Waals surface area contributed by atoms with Crippen LogP contribution >= 0.6 is 0 Å². The highest BCUT2D eigenvalue weighted by atomic mass is 19.3. The Bertz CT molecular complexity index is 596. The lowest BCUT2D eigenvalue weighted by Crippen LogP contribution is -2.37. The SMILES string of the molecule is O=C(c1cccc2ccccc12)N(CCO)CC(F)F. The van der Waals surface area contributed by atoms with Crippen molar-refractivity contribution in [2.24, 2.45) is 0 Å². The molecule has 2 aromatic rings. The molecule has 0 heterocycles. The Morgan fingerprint density at radius 2 is 1.85 bits per heavy atom. The van der Waals surface area contributed by atoms with Crippen molar-refractivity contribution >= 4 is 16.7 Å². The summed E-state index contributed by atoms with van der Waals surface area (Å²) in [5, 5.41) is 10.5. The minimum Gasteiger partial charge on any atom is -0.395 e. The van der Waals surface area contributed by atoms with E-state index >= 15 is 0 Å². The van der Waals surface area contributed by atoms with E-state index in [0.29, 0.717) is 5.56 Å². The van der Waals surface area contributed by atoms with Gasteiger partial charge in [-0.25, -0.2) is 8.78 Å². The number of hydrogen-bond donors (Lipinski definition) is 1. The Labute approximate surface area is 115 Å². The molecule has 0 aliphatic heterocycles. The lowest BCUT2D eigenvalue weighted by molar-refractivity contribution is 0.0511. The lowest BCUT2D eigenvalue weighted by atomic mass is 10.0. The summed E-state index contributed by atoms with van der Waals surface area (Å²) in [7, 11) is 0. The van der Waals surface area contributed by atoms with Crippen LogP contribution in [-0.4, -0.2) is 42.0 Å². The van der Waals surface area contributed by atoms with E-state index in [0.717, 1.165) is 15.7 Å². The molecule has 0 radical (unpaired) electrons. The molecule has 3 nitrogen and oxygen atoms in total. The second-order valence-electron chi connectivity index (χ2n) is 4.39. The number of carbonyl (C=O) groups excluding carboxylic acids is 1. The molecule has 0 fully saturated rings. The summed E-state index contributed by atoms with van der Waals surface area (Å²) in [6.07, 6.45) is -2.62. The first kappa shape index (κ1) is 14.4. The van der Waals surface area contributed by atoms with Gasteiger partial charge in [0.1, 0.15) is 0 Å². The van der Waals surface area contributed by atoms with Crippen LogP contribution in [0.1, 0.15) is 10.4 Å². The van der Waals surface area contributed by atoms with E-state index in [-0.39, 0.29) is 13.2 Å². The number of amides is 1. The van der Waals surface area contributed by atoms with Crippen molar-refractivity contribution in [1.29, 1.82) is 0 Å². The van der Waals surface area contributed by atoms with Crippen LogP contribution in [0.15, 0.2) is 42.5 Å². The van der Waals surface area contributed by atoms with Gasteiger partial charge in [0.15, 0.2) is 0 Å². The molecule has 0 spiro atoms. The molecule has 0 aliphatic carbocycles. The maximum atomic E-state index is 12.5. The molecule has 2 aromatic carbocycles. The van der Waals surface area contributed by atoms with Crippen molar-refractivity contribution in [2.75, 3.05) is 19.7 Å². The van der Waals surface area contributed by atoms with Crippen molar-refractivity contribution in [1.82, 2.24) is 4.90 Å². The molecule has 0 saturated carbocycles. The van der Waals surface area contributed by atoms with Gasteiger partial charge in [-0.15, -0.1) is 0 Å². The normalized spacial score (nSPS) is 11.0. The van der Waals surface area contributed by atoms with Crippen LogP contribution in [0, 0.1) is 0 Å². The van der Waals surface area contributed by atoms with Gasteiger partial charge in [0, 0.05) is 12.1 Å². The van der Waals surface area contributed by atoms with E-state index in [1.807, 2.05) is 18.2 Å². The highest BCUT2D eigenvalue weighted by molar-refractivity contribution is 6.07. The summed E-state index contributed by atoms with van der Waals surface area (Å²) in [6.45, 7) is -1.13. The summed E-state index contributed by atoms with van der Waals surface area (Å²) in [5.41, 5.74) is 0.372. The van der Waals surface area contributed by atoms with Crippen molar-refractivity contribution in [3.8, 4) is 0 Å². The summed E-state index contributed by atoms with van der Waals surface area (Å²) >= 11 is 0. The molecule has 1 amide bonds. The van der Waals surface area contributed by atoms with Crippen LogP contribution in [0.25, 0.3) is 10.8 Å². The Morgan fingerprint density at radius 3 is 2.55 bits per heavy atom. The van der Waals surface area contributed by atoms with Crippen LogP contribution in [0.5, 0.6) is 0 Å². The maximum Gasteiger partial charge on any atom is 0.255 e. The summed E-state index contributed by atoms with van der Waals surface area (Å²) in [6, 6.07) is 12.5. The number of halogens is 2. The van der Waals surface area contributed by atoms with Crippen molar-refractivity contribution in [3.05, 3.63) is 48.0 Å². The molecule has 5 heteroatoms. The van der Waals surface area contributed by atoms with Gasteiger partial charge in [-0.2, -0.15) is 0 Å². The highest BCUT2D eigenvalue weighted by Crippen LogP contribution is 2.20. The second kappa shape index (κ2) is 6.43. The fraction of sp³-hybridized carbons (Fsp3) is 0.267. The fourth-order valence-electron chi connectivity index (χ4n) is 2.15. The van der Waals surface area contributed by atoms with Crippen LogP contribution in [0.4, 0.5) is 8.78 Å². The maximum absolute atomic E-state index is 12.5. The topological polar surface area (TPSA) is 40.5 Å². The van der Waals surface area contributed by atoms with Crippen LogP contribution < -0.4 is 0 Å². The Hall–Kier alpha value is -2.01. The number of hydrogen-bond acceptors (Lipinski definition) is 2. The molecule has 2 rings (SSSR count). The van der Waals surface area contributed by atoms with Crippen molar-refractivity contribution < 1.29 is 18.7 Å². The zero-order valence-electron chi connectivity index (χ0n) is 10.8. The Morgan fingerprint density at radius 1 is 1.15 bits per heavy atom. The molecule has 0 aliphatic rings. The predicted molar refractivity (Wildman–Crippen MR) is 72.9 cm³/mol. The summed E-state index contributed by atoms with van der Waals surface area (Å²) < 4.78 is 25.0. The first-order valence-electron chi connectivity index (χ1n) is 6.29. The molecule has 0 saturated heterocycles. The van der Waals surface area contributed by atoms with Crippen LogP contribution in [0.2, 0.25) is 0 Å².